The fourth-order valence-electron chi connectivity index (χ4n) is 2.31. The van der Waals surface area contributed by atoms with Gasteiger partial charge in [-0.3, -0.25) is 9.59 Å². The Labute approximate surface area is 140 Å². The van der Waals surface area contributed by atoms with Gasteiger partial charge >= 0.3 is 5.97 Å². The molecule has 24 heavy (non-hydrogen) atoms. The van der Waals surface area contributed by atoms with Crippen molar-refractivity contribution in [3.8, 4) is 5.75 Å². The molecule has 1 aromatic carbocycles. The SMILES string of the molecule is COCCn1ccc2c(OCC(=O)NCCC(=O)OC)cccc21. The molecule has 0 aliphatic carbocycles. The summed E-state index contributed by atoms with van der Waals surface area (Å²) in [6.45, 7) is 1.49. The highest BCUT2D eigenvalue weighted by molar-refractivity contribution is 5.87. The van der Waals surface area contributed by atoms with Crippen LogP contribution in [0.15, 0.2) is 30.5 Å². The van der Waals surface area contributed by atoms with E-state index >= 15 is 0 Å². The summed E-state index contributed by atoms with van der Waals surface area (Å²) < 4.78 is 17.3. The molecule has 1 heterocycles. The van der Waals surface area contributed by atoms with Gasteiger partial charge in [0, 0.05) is 31.8 Å². The molecular weight excluding hydrogens is 312 g/mol. The van der Waals surface area contributed by atoms with Crippen molar-refractivity contribution in [3.63, 3.8) is 0 Å². The van der Waals surface area contributed by atoms with Crippen molar-refractivity contribution in [1.82, 2.24) is 9.88 Å². The first kappa shape index (κ1) is 17.8. The molecule has 1 aromatic heterocycles. The highest BCUT2D eigenvalue weighted by Crippen LogP contribution is 2.26. The van der Waals surface area contributed by atoms with Gasteiger partial charge in [-0.2, -0.15) is 0 Å². The van der Waals surface area contributed by atoms with Gasteiger partial charge in [-0.15, -0.1) is 0 Å². The number of ether oxygens (including phenoxy) is 3. The average molecular weight is 334 g/mol. The zero-order valence-corrected chi connectivity index (χ0v) is 13.9. The summed E-state index contributed by atoms with van der Waals surface area (Å²) in [6.07, 6.45) is 2.10. The maximum atomic E-state index is 11.8. The van der Waals surface area contributed by atoms with E-state index in [4.69, 9.17) is 9.47 Å². The van der Waals surface area contributed by atoms with Crippen LogP contribution in [0.5, 0.6) is 5.75 Å². The molecule has 7 nitrogen and oxygen atoms in total. The minimum absolute atomic E-state index is 0.108. The molecule has 0 fully saturated rings. The Bertz CT molecular complexity index is 695. The van der Waals surface area contributed by atoms with Gasteiger partial charge in [0.2, 0.25) is 0 Å². The molecule has 0 spiro atoms. The lowest BCUT2D eigenvalue weighted by atomic mass is 10.2. The lowest BCUT2D eigenvalue weighted by Crippen LogP contribution is -2.30. The largest absolute Gasteiger partial charge is 0.483 e. The molecule has 7 heteroatoms. The second-order valence-corrected chi connectivity index (χ2v) is 5.16. The highest BCUT2D eigenvalue weighted by atomic mass is 16.5. The number of aromatic nitrogens is 1. The molecule has 130 valence electrons. The number of methoxy groups -OCH3 is 2. The van der Waals surface area contributed by atoms with E-state index in [1.807, 2.05) is 30.5 Å². The minimum atomic E-state index is -0.363. The number of hydrogen-bond acceptors (Lipinski definition) is 5. The van der Waals surface area contributed by atoms with Crippen LogP contribution < -0.4 is 10.1 Å². The van der Waals surface area contributed by atoms with Gasteiger partial charge in [-0.25, -0.2) is 0 Å². The normalized spacial score (nSPS) is 10.6. The number of nitrogens with zero attached hydrogens (tertiary/aromatic N) is 1. The van der Waals surface area contributed by atoms with E-state index in [0.717, 1.165) is 17.4 Å². The van der Waals surface area contributed by atoms with Crippen molar-refractivity contribution in [2.24, 2.45) is 0 Å². The molecule has 2 aromatic rings. The van der Waals surface area contributed by atoms with E-state index in [9.17, 15) is 9.59 Å². The maximum Gasteiger partial charge on any atom is 0.307 e. The van der Waals surface area contributed by atoms with E-state index in [1.54, 1.807) is 7.11 Å². The summed E-state index contributed by atoms with van der Waals surface area (Å²) in [6, 6.07) is 7.66. The summed E-state index contributed by atoms with van der Waals surface area (Å²) in [5, 5.41) is 3.55. The standard InChI is InChI=1S/C17H22N2O5/c1-22-11-10-19-9-7-13-14(19)4-3-5-15(13)24-12-16(20)18-8-6-17(21)23-2/h3-5,7,9H,6,8,10-12H2,1-2H3,(H,18,20). The second-order valence-electron chi connectivity index (χ2n) is 5.16. The van der Waals surface area contributed by atoms with Crippen LogP contribution in [0.25, 0.3) is 10.9 Å². The topological polar surface area (TPSA) is 78.8 Å². The molecule has 0 bridgehead atoms. The third kappa shape index (κ3) is 4.73. The van der Waals surface area contributed by atoms with Crippen molar-refractivity contribution in [3.05, 3.63) is 30.5 Å². The van der Waals surface area contributed by atoms with Gasteiger partial charge in [-0.05, 0) is 18.2 Å². The third-order valence-electron chi connectivity index (χ3n) is 3.55. The predicted molar refractivity (Wildman–Crippen MR) is 89.0 cm³/mol. The Kier molecular flexibility index (Phi) is 6.62. The Morgan fingerprint density at radius 2 is 2.04 bits per heavy atom. The summed E-state index contributed by atoms with van der Waals surface area (Å²) in [4.78, 5) is 22.7. The number of carbonyl (C=O) groups is 2. The van der Waals surface area contributed by atoms with E-state index in [2.05, 4.69) is 14.6 Å². The summed E-state index contributed by atoms with van der Waals surface area (Å²) in [7, 11) is 2.98. The van der Waals surface area contributed by atoms with Crippen LogP contribution >= 0.6 is 0 Å². The number of carbonyl (C=O) groups excluding carboxylic acids is 2. The summed E-state index contributed by atoms with van der Waals surface area (Å²) in [5.41, 5.74) is 1.02. The summed E-state index contributed by atoms with van der Waals surface area (Å²) in [5.74, 6) is -0.000101. The number of benzene rings is 1. The Morgan fingerprint density at radius 1 is 1.21 bits per heavy atom. The maximum absolute atomic E-state index is 11.8. The highest BCUT2D eigenvalue weighted by Gasteiger charge is 2.09. The summed E-state index contributed by atoms with van der Waals surface area (Å²) >= 11 is 0. The molecule has 0 aliphatic heterocycles. The number of fused-ring (bicyclic) bond motifs is 1. The first-order valence-corrected chi connectivity index (χ1v) is 7.69. The van der Waals surface area contributed by atoms with Crippen molar-refractivity contribution >= 4 is 22.8 Å². The van der Waals surface area contributed by atoms with Crippen LogP contribution in [0.4, 0.5) is 0 Å². The number of nitrogens with one attached hydrogen (secondary N) is 1. The van der Waals surface area contributed by atoms with E-state index < -0.39 is 0 Å². The molecule has 1 amide bonds. The molecule has 0 unspecified atom stereocenters. The Balaban J connectivity index is 1.91. The fraction of sp³-hybridized carbons (Fsp3) is 0.412. The van der Waals surface area contributed by atoms with Gasteiger partial charge in [0.05, 0.1) is 25.7 Å². The zero-order valence-electron chi connectivity index (χ0n) is 13.9. The molecule has 0 atom stereocenters. The lowest BCUT2D eigenvalue weighted by molar-refractivity contribution is -0.140. The number of rotatable bonds is 9. The Hall–Kier alpha value is -2.54. The van der Waals surface area contributed by atoms with Gasteiger partial charge in [0.15, 0.2) is 6.61 Å². The van der Waals surface area contributed by atoms with E-state index in [-0.39, 0.29) is 31.4 Å². The smallest absolute Gasteiger partial charge is 0.307 e. The van der Waals surface area contributed by atoms with Crippen LogP contribution in [-0.2, 0) is 25.6 Å². The molecule has 2 rings (SSSR count). The molecule has 0 radical (unpaired) electrons. The monoisotopic (exact) mass is 334 g/mol. The van der Waals surface area contributed by atoms with Crippen LogP contribution in [0.2, 0.25) is 0 Å². The van der Waals surface area contributed by atoms with E-state index in [0.29, 0.717) is 12.4 Å². The minimum Gasteiger partial charge on any atom is -0.483 e. The van der Waals surface area contributed by atoms with Gasteiger partial charge in [-0.1, -0.05) is 6.07 Å². The second kappa shape index (κ2) is 8.93. The van der Waals surface area contributed by atoms with Gasteiger partial charge in [0.1, 0.15) is 5.75 Å². The average Bonchev–Trinajstić information content (AvgIpc) is 3.01. The van der Waals surface area contributed by atoms with Crippen molar-refractivity contribution in [2.45, 2.75) is 13.0 Å². The molecule has 0 saturated heterocycles. The third-order valence-corrected chi connectivity index (χ3v) is 3.55. The molecule has 0 saturated carbocycles. The number of amides is 1. The van der Waals surface area contributed by atoms with E-state index in [1.165, 1.54) is 7.11 Å². The lowest BCUT2D eigenvalue weighted by Gasteiger charge is -2.09. The number of esters is 1. The first-order valence-electron chi connectivity index (χ1n) is 7.69. The van der Waals surface area contributed by atoms with Crippen molar-refractivity contribution in [1.29, 1.82) is 0 Å². The van der Waals surface area contributed by atoms with Crippen LogP contribution in [0.3, 0.4) is 0 Å². The van der Waals surface area contributed by atoms with Crippen LogP contribution in [-0.4, -0.2) is 50.4 Å². The Morgan fingerprint density at radius 3 is 2.79 bits per heavy atom. The molecule has 0 aliphatic rings. The molecule has 1 N–H and O–H groups in total. The van der Waals surface area contributed by atoms with Gasteiger partial charge in [0.25, 0.3) is 5.91 Å². The molecular formula is C17H22N2O5. The van der Waals surface area contributed by atoms with Crippen molar-refractivity contribution < 1.29 is 23.8 Å². The van der Waals surface area contributed by atoms with Crippen LogP contribution in [0, 0.1) is 0 Å². The first-order chi connectivity index (χ1) is 11.7. The zero-order chi connectivity index (χ0) is 17.4. The van der Waals surface area contributed by atoms with Crippen LogP contribution in [0.1, 0.15) is 6.42 Å². The van der Waals surface area contributed by atoms with Crippen molar-refractivity contribution in [2.75, 3.05) is 34.0 Å². The fourth-order valence-corrected chi connectivity index (χ4v) is 2.31. The quantitative estimate of drug-likeness (QED) is 0.700. The van der Waals surface area contributed by atoms with Gasteiger partial charge < -0.3 is 24.1 Å². The predicted octanol–water partition coefficient (Wildman–Crippen LogP) is 1.35. The number of hydrogen-bond donors (Lipinski definition) is 1.